The number of nitrogens with one attached hydrogen (secondary N) is 1. The van der Waals surface area contributed by atoms with Gasteiger partial charge in [-0.2, -0.15) is 5.10 Å². The van der Waals surface area contributed by atoms with E-state index in [-0.39, 0.29) is 0 Å². The summed E-state index contributed by atoms with van der Waals surface area (Å²) in [5.74, 6) is 1.77. The van der Waals surface area contributed by atoms with Gasteiger partial charge in [-0.1, -0.05) is 27.2 Å². The lowest BCUT2D eigenvalue weighted by Crippen LogP contribution is -2.38. The average molecular weight is 238 g/mol. The van der Waals surface area contributed by atoms with Crippen LogP contribution in [0.4, 0.5) is 0 Å². The fourth-order valence-electron chi connectivity index (χ4n) is 2.00. The molecule has 98 valence electrons. The molecule has 0 amide bonds. The second-order valence-corrected chi connectivity index (χ2v) is 4.64. The van der Waals surface area contributed by atoms with Crippen LogP contribution in [0, 0.1) is 5.92 Å². The van der Waals surface area contributed by atoms with Gasteiger partial charge in [-0.3, -0.25) is 4.68 Å². The molecule has 2 unspecified atom stereocenters. The van der Waals surface area contributed by atoms with Gasteiger partial charge in [0, 0.05) is 19.0 Å². The molecule has 0 spiro atoms. The van der Waals surface area contributed by atoms with Crippen LogP contribution < -0.4 is 5.32 Å². The molecule has 0 aliphatic rings. The van der Waals surface area contributed by atoms with E-state index in [1.54, 1.807) is 6.33 Å². The molecule has 0 bridgehead atoms. The van der Waals surface area contributed by atoms with Crippen molar-refractivity contribution in [2.75, 3.05) is 6.54 Å². The van der Waals surface area contributed by atoms with Gasteiger partial charge in [0.25, 0.3) is 0 Å². The Morgan fingerprint density at radius 3 is 2.71 bits per heavy atom. The highest BCUT2D eigenvalue weighted by Crippen LogP contribution is 2.12. The van der Waals surface area contributed by atoms with Gasteiger partial charge in [0.05, 0.1) is 0 Å². The Labute approximate surface area is 105 Å². The number of aromatic nitrogens is 3. The molecule has 1 heterocycles. The molecule has 1 aromatic heterocycles. The van der Waals surface area contributed by atoms with Crippen LogP contribution in [0.5, 0.6) is 0 Å². The summed E-state index contributed by atoms with van der Waals surface area (Å²) in [6, 6.07) is 0.509. The van der Waals surface area contributed by atoms with Crippen molar-refractivity contribution in [1.82, 2.24) is 20.1 Å². The Kier molecular flexibility index (Phi) is 6.19. The van der Waals surface area contributed by atoms with E-state index in [1.807, 2.05) is 4.68 Å². The van der Waals surface area contributed by atoms with Gasteiger partial charge >= 0.3 is 0 Å². The van der Waals surface area contributed by atoms with Crippen LogP contribution in [0.25, 0.3) is 0 Å². The summed E-state index contributed by atoms with van der Waals surface area (Å²) in [5.41, 5.74) is 0. The van der Waals surface area contributed by atoms with Gasteiger partial charge in [0.15, 0.2) is 0 Å². The van der Waals surface area contributed by atoms with Crippen LogP contribution >= 0.6 is 0 Å². The molecule has 4 heteroatoms. The van der Waals surface area contributed by atoms with Crippen molar-refractivity contribution >= 4 is 0 Å². The summed E-state index contributed by atoms with van der Waals surface area (Å²) >= 11 is 0. The van der Waals surface area contributed by atoms with Crippen LogP contribution in [0.3, 0.4) is 0 Å². The van der Waals surface area contributed by atoms with E-state index in [1.165, 1.54) is 12.8 Å². The smallest absolute Gasteiger partial charge is 0.138 e. The van der Waals surface area contributed by atoms with Gasteiger partial charge < -0.3 is 5.32 Å². The lowest BCUT2D eigenvalue weighted by Gasteiger charge is -2.24. The quantitative estimate of drug-likeness (QED) is 0.755. The van der Waals surface area contributed by atoms with Gasteiger partial charge in [-0.25, -0.2) is 4.98 Å². The normalized spacial score (nSPS) is 14.8. The Bertz CT molecular complexity index is 308. The summed E-state index contributed by atoms with van der Waals surface area (Å²) in [6.45, 7) is 10.8. The van der Waals surface area contributed by atoms with E-state index in [0.29, 0.717) is 12.0 Å². The van der Waals surface area contributed by atoms with E-state index < -0.39 is 0 Å². The number of aryl methyl sites for hydroxylation is 1. The highest BCUT2D eigenvalue weighted by atomic mass is 15.3. The van der Waals surface area contributed by atoms with Gasteiger partial charge in [-0.15, -0.1) is 0 Å². The monoisotopic (exact) mass is 238 g/mol. The van der Waals surface area contributed by atoms with Crippen molar-refractivity contribution in [3.8, 4) is 0 Å². The fourth-order valence-corrected chi connectivity index (χ4v) is 2.00. The molecule has 17 heavy (non-hydrogen) atoms. The molecule has 0 aromatic carbocycles. The van der Waals surface area contributed by atoms with Crippen molar-refractivity contribution in [1.29, 1.82) is 0 Å². The molecule has 0 saturated carbocycles. The molecule has 0 saturated heterocycles. The van der Waals surface area contributed by atoms with Crippen LogP contribution in [-0.4, -0.2) is 27.4 Å². The van der Waals surface area contributed by atoms with Crippen LogP contribution in [0.1, 0.15) is 46.4 Å². The first kappa shape index (κ1) is 14.2. The summed E-state index contributed by atoms with van der Waals surface area (Å²) in [4.78, 5) is 4.36. The zero-order valence-electron chi connectivity index (χ0n) is 11.6. The number of hydrogen-bond donors (Lipinski definition) is 1. The third-order valence-corrected chi connectivity index (χ3v) is 3.39. The average Bonchev–Trinajstić information content (AvgIpc) is 2.80. The molecular weight excluding hydrogens is 212 g/mol. The lowest BCUT2D eigenvalue weighted by molar-refractivity contribution is 0.355. The third kappa shape index (κ3) is 4.11. The van der Waals surface area contributed by atoms with Crippen molar-refractivity contribution in [3.63, 3.8) is 0 Å². The maximum absolute atomic E-state index is 4.36. The summed E-state index contributed by atoms with van der Waals surface area (Å²) in [7, 11) is 0. The standard InChI is InChI=1S/C13H26N4/c1-5-8-14-12(11(4)6-2)9-13-15-10-16-17(13)7-3/h10-12,14H,5-9H2,1-4H3. The van der Waals surface area contributed by atoms with Crippen LogP contribution in [0.2, 0.25) is 0 Å². The highest BCUT2D eigenvalue weighted by Gasteiger charge is 2.18. The molecule has 0 radical (unpaired) electrons. The number of nitrogens with zero attached hydrogens (tertiary/aromatic N) is 3. The summed E-state index contributed by atoms with van der Waals surface area (Å²) < 4.78 is 1.99. The highest BCUT2D eigenvalue weighted by molar-refractivity contribution is 4.91. The van der Waals surface area contributed by atoms with E-state index in [9.17, 15) is 0 Å². The molecular formula is C13H26N4. The topological polar surface area (TPSA) is 42.7 Å². The van der Waals surface area contributed by atoms with Crippen molar-refractivity contribution < 1.29 is 0 Å². The second kappa shape index (κ2) is 7.43. The first-order valence-electron chi connectivity index (χ1n) is 6.82. The maximum atomic E-state index is 4.36. The molecule has 0 aliphatic heterocycles. The number of rotatable bonds is 8. The first-order valence-corrected chi connectivity index (χ1v) is 6.82. The minimum atomic E-state index is 0.509. The molecule has 0 aliphatic carbocycles. The molecule has 0 fully saturated rings. The third-order valence-electron chi connectivity index (χ3n) is 3.39. The van der Waals surface area contributed by atoms with Crippen LogP contribution in [0.15, 0.2) is 6.33 Å². The Morgan fingerprint density at radius 2 is 2.12 bits per heavy atom. The molecule has 1 N–H and O–H groups in total. The Balaban J connectivity index is 2.64. The Morgan fingerprint density at radius 1 is 1.35 bits per heavy atom. The zero-order chi connectivity index (χ0) is 12.7. The van der Waals surface area contributed by atoms with E-state index in [2.05, 4.69) is 43.1 Å². The Hall–Kier alpha value is -0.900. The minimum absolute atomic E-state index is 0.509. The van der Waals surface area contributed by atoms with Crippen LogP contribution in [-0.2, 0) is 13.0 Å². The molecule has 2 atom stereocenters. The first-order chi connectivity index (χ1) is 8.22. The van der Waals surface area contributed by atoms with Crippen molar-refractivity contribution in [3.05, 3.63) is 12.2 Å². The minimum Gasteiger partial charge on any atom is -0.313 e. The molecule has 1 aromatic rings. The lowest BCUT2D eigenvalue weighted by atomic mass is 9.96. The van der Waals surface area contributed by atoms with E-state index in [4.69, 9.17) is 0 Å². The van der Waals surface area contributed by atoms with Crippen molar-refractivity contribution in [2.45, 2.75) is 59.5 Å². The van der Waals surface area contributed by atoms with E-state index in [0.717, 1.165) is 25.3 Å². The molecule has 4 nitrogen and oxygen atoms in total. The second-order valence-electron chi connectivity index (χ2n) is 4.64. The van der Waals surface area contributed by atoms with Gasteiger partial charge in [0.1, 0.15) is 12.2 Å². The largest absolute Gasteiger partial charge is 0.313 e. The predicted octanol–water partition coefficient (Wildman–Crippen LogP) is 2.25. The predicted molar refractivity (Wildman–Crippen MR) is 70.9 cm³/mol. The fraction of sp³-hybridized carbons (Fsp3) is 0.846. The van der Waals surface area contributed by atoms with Gasteiger partial charge in [0.2, 0.25) is 0 Å². The molecule has 1 rings (SSSR count). The van der Waals surface area contributed by atoms with Gasteiger partial charge in [-0.05, 0) is 25.8 Å². The summed E-state index contributed by atoms with van der Waals surface area (Å²) in [5, 5.41) is 7.86. The van der Waals surface area contributed by atoms with Crippen molar-refractivity contribution in [2.24, 2.45) is 5.92 Å². The van der Waals surface area contributed by atoms with E-state index >= 15 is 0 Å². The number of hydrogen-bond acceptors (Lipinski definition) is 3. The zero-order valence-corrected chi connectivity index (χ0v) is 11.6. The summed E-state index contributed by atoms with van der Waals surface area (Å²) in [6.07, 6.45) is 5.00. The maximum Gasteiger partial charge on any atom is 0.138 e. The SMILES string of the molecule is CCCNC(Cc1ncnn1CC)C(C)CC.